The summed E-state index contributed by atoms with van der Waals surface area (Å²) in [5, 5.41) is 3.61. The van der Waals surface area contributed by atoms with Crippen LogP contribution in [0.3, 0.4) is 0 Å². The van der Waals surface area contributed by atoms with Crippen LogP contribution >= 0.6 is 11.6 Å². The zero-order chi connectivity index (χ0) is 14.3. The molecule has 0 atom stereocenters. The maximum atomic E-state index is 11.9. The van der Waals surface area contributed by atoms with E-state index in [0.717, 1.165) is 12.1 Å². The number of nitrogens with one attached hydrogen (secondary N) is 1. The fourth-order valence-corrected chi connectivity index (χ4v) is 1.55. The first-order valence-electron chi connectivity index (χ1n) is 5.97. The van der Waals surface area contributed by atoms with Gasteiger partial charge in [0.2, 0.25) is 5.88 Å². The zero-order valence-electron chi connectivity index (χ0n) is 10.6. The van der Waals surface area contributed by atoms with Crippen LogP contribution in [0.4, 0.5) is 13.2 Å². The van der Waals surface area contributed by atoms with E-state index in [1.807, 2.05) is 6.92 Å². The SMILES string of the molecule is CCNCc1cc(OCCCC(F)(F)F)ncc1Cl. The Morgan fingerprint density at radius 1 is 1.42 bits per heavy atom. The van der Waals surface area contributed by atoms with Crippen molar-refractivity contribution in [2.24, 2.45) is 0 Å². The van der Waals surface area contributed by atoms with Gasteiger partial charge in [-0.15, -0.1) is 0 Å². The number of rotatable bonds is 7. The Morgan fingerprint density at radius 3 is 2.79 bits per heavy atom. The number of alkyl halides is 3. The van der Waals surface area contributed by atoms with Gasteiger partial charge in [-0.05, 0) is 18.5 Å². The molecule has 0 fully saturated rings. The summed E-state index contributed by atoms with van der Waals surface area (Å²) in [7, 11) is 0. The summed E-state index contributed by atoms with van der Waals surface area (Å²) in [6, 6.07) is 1.64. The summed E-state index contributed by atoms with van der Waals surface area (Å²) in [5.41, 5.74) is 0.810. The van der Waals surface area contributed by atoms with E-state index in [4.69, 9.17) is 16.3 Å². The van der Waals surface area contributed by atoms with Gasteiger partial charge in [-0.25, -0.2) is 4.98 Å². The second-order valence-electron chi connectivity index (χ2n) is 3.96. The number of hydrogen-bond acceptors (Lipinski definition) is 3. The fourth-order valence-electron chi connectivity index (χ4n) is 1.38. The first kappa shape index (κ1) is 16.0. The molecule has 0 bridgehead atoms. The van der Waals surface area contributed by atoms with E-state index in [0.29, 0.717) is 17.4 Å². The summed E-state index contributed by atoms with van der Waals surface area (Å²) in [6.07, 6.45) is -3.65. The molecule has 1 heterocycles. The van der Waals surface area contributed by atoms with Crippen molar-refractivity contribution >= 4 is 11.6 Å². The number of aromatic nitrogens is 1. The first-order valence-corrected chi connectivity index (χ1v) is 6.35. The zero-order valence-corrected chi connectivity index (χ0v) is 11.3. The number of hydrogen-bond donors (Lipinski definition) is 1. The average molecular weight is 297 g/mol. The third-order valence-corrected chi connectivity index (χ3v) is 2.67. The molecule has 0 unspecified atom stereocenters. The van der Waals surface area contributed by atoms with Crippen molar-refractivity contribution in [1.82, 2.24) is 10.3 Å². The molecule has 0 radical (unpaired) electrons. The molecule has 1 aromatic heterocycles. The second kappa shape index (κ2) is 7.55. The van der Waals surface area contributed by atoms with Crippen molar-refractivity contribution in [2.45, 2.75) is 32.5 Å². The van der Waals surface area contributed by atoms with Gasteiger partial charge in [0.1, 0.15) is 0 Å². The lowest BCUT2D eigenvalue weighted by atomic mass is 10.2. The van der Waals surface area contributed by atoms with Crippen molar-refractivity contribution in [3.8, 4) is 5.88 Å². The minimum absolute atomic E-state index is 0.0191. The standard InChI is InChI=1S/C12H16ClF3N2O/c1-2-17-7-9-6-11(18-8-10(9)13)19-5-3-4-12(14,15)16/h6,8,17H,2-5,7H2,1H3. The minimum atomic E-state index is -4.15. The van der Waals surface area contributed by atoms with Crippen LogP contribution in [0.1, 0.15) is 25.3 Å². The molecule has 0 aromatic carbocycles. The van der Waals surface area contributed by atoms with Crippen molar-refractivity contribution < 1.29 is 17.9 Å². The molecule has 0 spiro atoms. The van der Waals surface area contributed by atoms with Crippen LogP contribution in [0.2, 0.25) is 5.02 Å². The van der Waals surface area contributed by atoms with Crippen LogP contribution in [0, 0.1) is 0 Å². The highest BCUT2D eigenvalue weighted by Gasteiger charge is 2.26. The van der Waals surface area contributed by atoms with Crippen LogP contribution < -0.4 is 10.1 Å². The van der Waals surface area contributed by atoms with E-state index < -0.39 is 12.6 Å². The van der Waals surface area contributed by atoms with E-state index in [-0.39, 0.29) is 13.0 Å². The summed E-state index contributed by atoms with van der Waals surface area (Å²) in [5.74, 6) is 0.291. The normalized spacial score (nSPS) is 11.6. The fraction of sp³-hybridized carbons (Fsp3) is 0.583. The molecule has 1 rings (SSSR count). The molecule has 19 heavy (non-hydrogen) atoms. The quantitative estimate of drug-likeness (QED) is 0.781. The summed E-state index contributed by atoms with van der Waals surface area (Å²) >= 11 is 5.95. The Labute approximate surface area is 115 Å². The third-order valence-electron chi connectivity index (χ3n) is 2.33. The Hall–Kier alpha value is -1.01. The molecule has 0 saturated carbocycles. The molecule has 1 aromatic rings. The van der Waals surface area contributed by atoms with E-state index in [1.165, 1.54) is 6.20 Å². The van der Waals surface area contributed by atoms with Crippen molar-refractivity contribution in [3.05, 3.63) is 22.8 Å². The van der Waals surface area contributed by atoms with Gasteiger partial charge in [-0.1, -0.05) is 18.5 Å². The monoisotopic (exact) mass is 296 g/mol. The predicted octanol–water partition coefficient (Wildman–Crippen LogP) is 3.57. The van der Waals surface area contributed by atoms with Crippen molar-refractivity contribution in [2.75, 3.05) is 13.2 Å². The number of pyridine rings is 1. The lowest BCUT2D eigenvalue weighted by Crippen LogP contribution is -2.13. The highest BCUT2D eigenvalue weighted by molar-refractivity contribution is 6.31. The van der Waals surface area contributed by atoms with Gasteiger partial charge in [0.25, 0.3) is 0 Å². The molecule has 1 N–H and O–H groups in total. The second-order valence-corrected chi connectivity index (χ2v) is 4.37. The Kier molecular flexibility index (Phi) is 6.37. The number of halogens is 4. The smallest absolute Gasteiger partial charge is 0.389 e. The maximum absolute atomic E-state index is 11.9. The Morgan fingerprint density at radius 2 is 2.16 bits per heavy atom. The van der Waals surface area contributed by atoms with E-state index in [1.54, 1.807) is 6.07 Å². The number of ether oxygens (including phenoxy) is 1. The molecule has 108 valence electrons. The van der Waals surface area contributed by atoms with Crippen LogP contribution in [0.5, 0.6) is 5.88 Å². The topological polar surface area (TPSA) is 34.1 Å². The van der Waals surface area contributed by atoms with E-state index in [2.05, 4.69) is 10.3 Å². The molecule has 0 amide bonds. The maximum Gasteiger partial charge on any atom is 0.389 e. The van der Waals surface area contributed by atoms with Gasteiger partial charge in [-0.3, -0.25) is 0 Å². The van der Waals surface area contributed by atoms with Gasteiger partial charge in [0.05, 0.1) is 11.6 Å². The molecule has 7 heteroatoms. The molecule has 0 aliphatic rings. The first-order chi connectivity index (χ1) is 8.92. The minimum Gasteiger partial charge on any atom is -0.478 e. The molecule has 3 nitrogen and oxygen atoms in total. The van der Waals surface area contributed by atoms with Crippen LogP contribution in [0.15, 0.2) is 12.3 Å². The molecule has 0 saturated heterocycles. The van der Waals surface area contributed by atoms with Gasteiger partial charge in [0.15, 0.2) is 0 Å². The van der Waals surface area contributed by atoms with Crippen LogP contribution in [-0.2, 0) is 6.54 Å². The van der Waals surface area contributed by atoms with E-state index in [9.17, 15) is 13.2 Å². The molecular formula is C12H16ClF3N2O. The Bertz CT molecular complexity index is 399. The lowest BCUT2D eigenvalue weighted by Gasteiger charge is -2.10. The van der Waals surface area contributed by atoms with Crippen LogP contribution in [-0.4, -0.2) is 24.3 Å². The summed E-state index contributed by atoms with van der Waals surface area (Å²) in [6.45, 7) is 3.30. The molecule has 0 aliphatic heterocycles. The average Bonchev–Trinajstić information content (AvgIpc) is 2.33. The van der Waals surface area contributed by atoms with Gasteiger partial charge < -0.3 is 10.1 Å². The largest absolute Gasteiger partial charge is 0.478 e. The van der Waals surface area contributed by atoms with Gasteiger partial charge >= 0.3 is 6.18 Å². The Balaban J connectivity index is 2.45. The van der Waals surface area contributed by atoms with E-state index >= 15 is 0 Å². The van der Waals surface area contributed by atoms with Gasteiger partial charge in [-0.2, -0.15) is 13.2 Å². The summed E-state index contributed by atoms with van der Waals surface area (Å²) < 4.78 is 41.0. The molecule has 0 aliphatic carbocycles. The van der Waals surface area contributed by atoms with Crippen LogP contribution in [0.25, 0.3) is 0 Å². The number of nitrogens with zero attached hydrogens (tertiary/aromatic N) is 1. The molecular weight excluding hydrogens is 281 g/mol. The lowest BCUT2D eigenvalue weighted by molar-refractivity contribution is -0.136. The third kappa shape index (κ3) is 6.63. The summed E-state index contributed by atoms with van der Waals surface area (Å²) in [4.78, 5) is 3.92. The van der Waals surface area contributed by atoms with Crippen molar-refractivity contribution in [3.63, 3.8) is 0 Å². The highest BCUT2D eigenvalue weighted by Crippen LogP contribution is 2.22. The van der Waals surface area contributed by atoms with Crippen molar-refractivity contribution in [1.29, 1.82) is 0 Å². The highest BCUT2D eigenvalue weighted by atomic mass is 35.5. The predicted molar refractivity (Wildman–Crippen MR) is 67.4 cm³/mol. The van der Waals surface area contributed by atoms with Gasteiger partial charge in [0, 0.05) is 25.2 Å².